The summed E-state index contributed by atoms with van der Waals surface area (Å²) < 4.78 is 0. The Hall–Kier alpha value is -1.56. The third-order valence-electron chi connectivity index (χ3n) is 0.945. The van der Waals surface area contributed by atoms with Gasteiger partial charge in [-0.15, -0.1) is 0 Å². The minimum absolute atomic E-state index is 0.102. The molecule has 0 aliphatic rings. The molecule has 0 fully saturated rings. The van der Waals surface area contributed by atoms with Crippen molar-refractivity contribution in [3.63, 3.8) is 0 Å². The van der Waals surface area contributed by atoms with Gasteiger partial charge in [-0.1, -0.05) is 6.07 Å². The van der Waals surface area contributed by atoms with Crippen LogP contribution in [0.1, 0.15) is 0 Å². The Labute approximate surface area is 52.2 Å². The summed E-state index contributed by atoms with van der Waals surface area (Å²) in [5.74, 6) is 0.102. The van der Waals surface area contributed by atoms with Crippen LogP contribution in [0, 0.1) is 5.39 Å². The monoisotopic (exact) mass is 121 g/mol. The maximum absolute atomic E-state index is 8.77. The van der Waals surface area contributed by atoms with Gasteiger partial charge in [-0.2, -0.15) is 0 Å². The predicted octanol–water partition coefficient (Wildman–Crippen LogP) is 1.88. The summed E-state index contributed by atoms with van der Waals surface area (Å²) in [6, 6.07) is 6.05. The van der Waals surface area contributed by atoms with E-state index in [1.54, 1.807) is 12.1 Å². The largest absolute Gasteiger partial charge is 0.508 e. The fourth-order valence-corrected chi connectivity index (χ4v) is 0.555. The Morgan fingerprint density at radius 3 is 2.67 bits per heavy atom. The number of phenols is 1. The number of hydrogen-bond donors (Lipinski definition) is 1. The lowest BCUT2D eigenvalue weighted by Gasteiger charge is -1.81. The van der Waals surface area contributed by atoms with Crippen molar-refractivity contribution in [1.82, 2.24) is 0 Å². The van der Waals surface area contributed by atoms with Gasteiger partial charge in [0.15, 0.2) is 4.98 Å². The molecule has 0 aliphatic heterocycles. The topological polar surface area (TPSA) is 48.4 Å². The third-order valence-corrected chi connectivity index (χ3v) is 0.945. The first-order valence-corrected chi connectivity index (χ1v) is 2.47. The van der Waals surface area contributed by atoms with E-state index in [1.807, 2.05) is 0 Å². The second-order valence-corrected chi connectivity index (χ2v) is 1.62. The summed E-state index contributed by atoms with van der Waals surface area (Å²) in [6.07, 6.45) is 0. The maximum Gasteiger partial charge on any atom is 0.388 e. The molecule has 0 heterocycles. The molecule has 0 amide bonds. The smallest absolute Gasteiger partial charge is 0.388 e. The first-order chi connectivity index (χ1) is 4.33. The molecular weight excluding hydrogens is 116 g/mol. The lowest BCUT2D eigenvalue weighted by Crippen LogP contribution is -1.60. The highest BCUT2D eigenvalue weighted by Gasteiger charge is 2.01. The average Bonchev–Trinajstić information content (AvgIpc) is 1.88. The van der Waals surface area contributed by atoms with Gasteiger partial charge in [-0.05, 0) is 6.07 Å². The van der Waals surface area contributed by atoms with E-state index in [-0.39, 0.29) is 5.75 Å². The van der Waals surface area contributed by atoms with Crippen molar-refractivity contribution in [2.45, 2.75) is 0 Å². The Morgan fingerprint density at radius 2 is 2.22 bits per heavy atom. The number of hydrogen-bond acceptors (Lipinski definition) is 2. The SMILES string of the molecule is N#[N+]c1cccc(O)c1. The van der Waals surface area contributed by atoms with Crippen LogP contribution >= 0.6 is 0 Å². The van der Waals surface area contributed by atoms with E-state index in [2.05, 4.69) is 4.98 Å². The Morgan fingerprint density at radius 1 is 1.44 bits per heavy atom. The van der Waals surface area contributed by atoms with Gasteiger partial charge < -0.3 is 5.11 Å². The first kappa shape index (κ1) is 5.57. The normalized spacial score (nSPS) is 8.33. The Balaban J connectivity index is 3.12. The minimum Gasteiger partial charge on any atom is -0.508 e. The van der Waals surface area contributed by atoms with Crippen LogP contribution in [0.5, 0.6) is 5.75 Å². The van der Waals surface area contributed by atoms with Crippen LogP contribution in [0.3, 0.4) is 0 Å². The summed E-state index contributed by atoms with van der Waals surface area (Å²) in [5.41, 5.74) is 0.356. The molecule has 3 nitrogen and oxygen atoms in total. The second kappa shape index (κ2) is 2.14. The fraction of sp³-hybridized carbons (Fsp3) is 0. The molecule has 0 saturated carbocycles. The van der Waals surface area contributed by atoms with Crippen LogP contribution in [0.2, 0.25) is 0 Å². The molecule has 1 aromatic carbocycles. The zero-order chi connectivity index (χ0) is 6.69. The van der Waals surface area contributed by atoms with E-state index < -0.39 is 0 Å². The van der Waals surface area contributed by atoms with Crippen molar-refractivity contribution in [2.24, 2.45) is 0 Å². The molecule has 9 heavy (non-hydrogen) atoms. The van der Waals surface area contributed by atoms with E-state index in [1.165, 1.54) is 12.1 Å². The zero-order valence-corrected chi connectivity index (χ0v) is 4.65. The van der Waals surface area contributed by atoms with E-state index in [0.29, 0.717) is 5.69 Å². The number of benzene rings is 1. The quantitative estimate of drug-likeness (QED) is 0.532. The maximum atomic E-state index is 8.77. The average molecular weight is 121 g/mol. The number of diazo groups is 1. The van der Waals surface area contributed by atoms with Crippen molar-refractivity contribution in [3.05, 3.63) is 29.2 Å². The van der Waals surface area contributed by atoms with Gasteiger partial charge in [0.05, 0.1) is 6.07 Å². The van der Waals surface area contributed by atoms with Crippen LogP contribution < -0.4 is 0 Å². The highest BCUT2D eigenvalue weighted by Crippen LogP contribution is 2.17. The standard InChI is InChI=1S/C6H4N2O/c7-8-5-2-1-3-6(9)4-5/h1-4H/p+1. The van der Waals surface area contributed by atoms with Crippen molar-refractivity contribution in [1.29, 1.82) is 5.39 Å². The Kier molecular flexibility index (Phi) is 1.32. The van der Waals surface area contributed by atoms with Crippen molar-refractivity contribution >= 4 is 5.69 Å². The second-order valence-electron chi connectivity index (χ2n) is 1.62. The highest BCUT2D eigenvalue weighted by molar-refractivity contribution is 5.47. The summed E-state index contributed by atoms with van der Waals surface area (Å²) >= 11 is 0. The molecule has 44 valence electrons. The van der Waals surface area contributed by atoms with Crippen LogP contribution in [-0.4, -0.2) is 5.11 Å². The molecule has 0 unspecified atom stereocenters. The number of nitrogens with zero attached hydrogens (tertiary/aromatic N) is 2. The summed E-state index contributed by atoms with van der Waals surface area (Å²) in [6.45, 7) is 0. The molecule has 1 N–H and O–H groups in total. The summed E-state index contributed by atoms with van der Waals surface area (Å²) in [4.78, 5) is 2.87. The van der Waals surface area contributed by atoms with E-state index >= 15 is 0 Å². The minimum atomic E-state index is 0.102. The molecule has 0 radical (unpaired) electrons. The fourth-order valence-electron chi connectivity index (χ4n) is 0.555. The molecule has 0 bridgehead atoms. The summed E-state index contributed by atoms with van der Waals surface area (Å²) in [5, 5.41) is 16.9. The van der Waals surface area contributed by atoms with Gasteiger partial charge in [0.2, 0.25) is 5.39 Å². The number of phenolic OH excluding ortho intramolecular Hbond substituents is 1. The Bertz CT molecular complexity index is 251. The van der Waals surface area contributed by atoms with Crippen LogP contribution in [0.4, 0.5) is 5.69 Å². The van der Waals surface area contributed by atoms with Gasteiger partial charge in [0, 0.05) is 6.07 Å². The predicted molar refractivity (Wildman–Crippen MR) is 32.9 cm³/mol. The van der Waals surface area contributed by atoms with Gasteiger partial charge in [0.1, 0.15) is 5.75 Å². The molecule has 3 heteroatoms. The first-order valence-electron chi connectivity index (χ1n) is 2.47. The van der Waals surface area contributed by atoms with Crippen LogP contribution in [0.15, 0.2) is 24.3 Å². The number of aromatic hydroxyl groups is 1. The number of rotatable bonds is 0. The van der Waals surface area contributed by atoms with Crippen molar-refractivity contribution < 1.29 is 5.11 Å². The molecule has 0 atom stereocenters. The van der Waals surface area contributed by atoms with E-state index in [9.17, 15) is 0 Å². The van der Waals surface area contributed by atoms with Gasteiger partial charge in [-0.25, -0.2) is 0 Å². The molecule has 0 saturated heterocycles. The van der Waals surface area contributed by atoms with Gasteiger partial charge in [-0.3, -0.25) is 0 Å². The van der Waals surface area contributed by atoms with Crippen LogP contribution in [0.25, 0.3) is 4.98 Å². The summed E-state index contributed by atoms with van der Waals surface area (Å²) in [7, 11) is 0. The molecule has 0 aromatic heterocycles. The molecular formula is C6H5N2O+. The molecule has 0 spiro atoms. The van der Waals surface area contributed by atoms with Crippen molar-refractivity contribution in [3.8, 4) is 5.75 Å². The lowest BCUT2D eigenvalue weighted by molar-refractivity contribution is 0.475. The van der Waals surface area contributed by atoms with Gasteiger partial charge in [0.25, 0.3) is 0 Å². The highest BCUT2D eigenvalue weighted by atomic mass is 16.3. The zero-order valence-electron chi connectivity index (χ0n) is 4.65. The van der Waals surface area contributed by atoms with E-state index in [4.69, 9.17) is 10.5 Å². The molecule has 1 rings (SSSR count). The third kappa shape index (κ3) is 1.16. The van der Waals surface area contributed by atoms with E-state index in [0.717, 1.165) is 0 Å². The van der Waals surface area contributed by atoms with Crippen LogP contribution in [-0.2, 0) is 0 Å². The molecule has 0 aliphatic carbocycles. The van der Waals surface area contributed by atoms with Gasteiger partial charge >= 0.3 is 5.69 Å². The van der Waals surface area contributed by atoms with Crippen molar-refractivity contribution in [2.75, 3.05) is 0 Å². The lowest BCUT2D eigenvalue weighted by atomic mass is 10.3. The molecule has 1 aromatic rings.